The molecule has 0 aromatic carbocycles. The van der Waals surface area contributed by atoms with E-state index in [1.807, 2.05) is 6.92 Å². The molecule has 2 aliphatic rings. The van der Waals surface area contributed by atoms with Crippen LogP contribution in [0.1, 0.15) is 46.0 Å². The predicted molar refractivity (Wildman–Crippen MR) is 64.5 cm³/mol. The van der Waals surface area contributed by atoms with Crippen molar-refractivity contribution >= 4 is 0 Å². The van der Waals surface area contributed by atoms with Gasteiger partial charge >= 0.3 is 0 Å². The first kappa shape index (κ1) is 12.3. The fourth-order valence-corrected chi connectivity index (χ4v) is 2.92. The van der Waals surface area contributed by atoms with Crippen LogP contribution in [0.2, 0.25) is 0 Å². The molecular formula is C13H25NO2. The Kier molecular flexibility index (Phi) is 3.88. The van der Waals surface area contributed by atoms with Gasteiger partial charge in [0.1, 0.15) is 0 Å². The second-order valence-electron chi connectivity index (χ2n) is 5.58. The molecule has 0 spiro atoms. The van der Waals surface area contributed by atoms with E-state index in [0.29, 0.717) is 12.1 Å². The van der Waals surface area contributed by atoms with E-state index in [2.05, 4.69) is 11.8 Å². The molecule has 1 aliphatic heterocycles. The zero-order valence-electron chi connectivity index (χ0n) is 10.6. The van der Waals surface area contributed by atoms with Crippen LogP contribution in [0.3, 0.4) is 0 Å². The average molecular weight is 227 g/mol. The number of fused-ring (bicyclic) bond motifs is 1. The van der Waals surface area contributed by atoms with Crippen LogP contribution in [0.25, 0.3) is 0 Å². The summed E-state index contributed by atoms with van der Waals surface area (Å²) in [6.45, 7) is 6.62. The highest BCUT2D eigenvalue weighted by atomic mass is 16.5. The van der Waals surface area contributed by atoms with Gasteiger partial charge in [-0.3, -0.25) is 4.90 Å². The molecule has 2 fully saturated rings. The fraction of sp³-hybridized carbons (Fsp3) is 1.00. The maximum atomic E-state index is 10.2. The van der Waals surface area contributed by atoms with Crippen LogP contribution in [0.4, 0.5) is 0 Å². The summed E-state index contributed by atoms with van der Waals surface area (Å²) < 4.78 is 5.84. The molecule has 0 aromatic rings. The minimum absolute atomic E-state index is 0.426. The molecule has 0 bridgehead atoms. The number of morpholine rings is 1. The molecule has 1 heterocycles. The van der Waals surface area contributed by atoms with Gasteiger partial charge in [0.25, 0.3) is 0 Å². The average Bonchev–Trinajstić information content (AvgIpc) is 2.29. The van der Waals surface area contributed by atoms with Gasteiger partial charge in [-0.1, -0.05) is 19.8 Å². The van der Waals surface area contributed by atoms with Gasteiger partial charge in [0.05, 0.1) is 18.3 Å². The van der Waals surface area contributed by atoms with Crippen molar-refractivity contribution in [3.05, 3.63) is 0 Å². The zero-order chi connectivity index (χ0) is 11.6. The normalized spacial score (nSPS) is 35.4. The number of β-amino-alcohol motifs (C(OH)–C–C–N with tert-alkyl or cyclic N) is 1. The molecule has 94 valence electrons. The maximum absolute atomic E-state index is 10.2. The first-order chi connectivity index (χ1) is 7.62. The second kappa shape index (κ2) is 5.03. The lowest BCUT2D eigenvalue weighted by atomic mass is 9.89. The number of nitrogens with zero attached hydrogens (tertiary/aromatic N) is 1. The highest BCUT2D eigenvalue weighted by Gasteiger charge is 2.36. The van der Waals surface area contributed by atoms with E-state index in [9.17, 15) is 5.11 Å². The lowest BCUT2D eigenvalue weighted by Gasteiger charge is -2.46. The quantitative estimate of drug-likeness (QED) is 0.798. The van der Waals surface area contributed by atoms with Gasteiger partial charge in [0.15, 0.2) is 0 Å². The van der Waals surface area contributed by atoms with Crippen LogP contribution < -0.4 is 0 Å². The summed E-state index contributed by atoms with van der Waals surface area (Å²) in [5.41, 5.74) is -0.542. The Hall–Kier alpha value is -0.120. The maximum Gasteiger partial charge on any atom is 0.0743 e. The van der Waals surface area contributed by atoms with Crippen LogP contribution >= 0.6 is 0 Å². The van der Waals surface area contributed by atoms with Gasteiger partial charge < -0.3 is 9.84 Å². The van der Waals surface area contributed by atoms with E-state index in [1.54, 1.807) is 0 Å². The molecule has 1 saturated heterocycles. The topological polar surface area (TPSA) is 32.7 Å². The first-order valence-corrected chi connectivity index (χ1v) is 6.70. The molecule has 1 saturated carbocycles. The second-order valence-corrected chi connectivity index (χ2v) is 5.58. The minimum atomic E-state index is -0.542. The van der Waals surface area contributed by atoms with E-state index in [1.165, 1.54) is 25.7 Å². The largest absolute Gasteiger partial charge is 0.389 e. The van der Waals surface area contributed by atoms with Crippen molar-refractivity contribution in [2.24, 2.45) is 0 Å². The van der Waals surface area contributed by atoms with Crippen LogP contribution in [0.15, 0.2) is 0 Å². The number of rotatable bonds is 3. The highest BCUT2D eigenvalue weighted by molar-refractivity contribution is 4.90. The van der Waals surface area contributed by atoms with Crippen molar-refractivity contribution in [2.75, 3.05) is 19.7 Å². The van der Waals surface area contributed by atoms with Crippen LogP contribution in [0.5, 0.6) is 0 Å². The number of hydrogen-bond donors (Lipinski definition) is 1. The molecule has 0 amide bonds. The summed E-state index contributed by atoms with van der Waals surface area (Å²) >= 11 is 0. The summed E-state index contributed by atoms with van der Waals surface area (Å²) in [5.74, 6) is 0. The van der Waals surface area contributed by atoms with Gasteiger partial charge in [0, 0.05) is 19.1 Å². The molecule has 0 aromatic heterocycles. The highest BCUT2D eigenvalue weighted by Crippen LogP contribution is 2.29. The van der Waals surface area contributed by atoms with Crippen molar-refractivity contribution in [3.63, 3.8) is 0 Å². The molecule has 3 atom stereocenters. The van der Waals surface area contributed by atoms with Gasteiger partial charge in [-0.15, -0.1) is 0 Å². The Morgan fingerprint density at radius 2 is 2.12 bits per heavy atom. The molecule has 3 nitrogen and oxygen atoms in total. The standard InChI is InChI=1S/C13H25NO2/c1-3-13(2,15)10-14-8-9-16-12-7-5-4-6-11(12)14/h11-12,15H,3-10H2,1-2H3. The number of aliphatic hydroxyl groups is 1. The SMILES string of the molecule is CCC(C)(O)CN1CCOC2CCCCC21. The Morgan fingerprint density at radius 3 is 2.88 bits per heavy atom. The Morgan fingerprint density at radius 1 is 1.38 bits per heavy atom. The van der Waals surface area contributed by atoms with Crippen molar-refractivity contribution in [3.8, 4) is 0 Å². The summed E-state index contributed by atoms with van der Waals surface area (Å²) in [6.07, 6.45) is 6.31. The van der Waals surface area contributed by atoms with Gasteiger partial charge in [-0.05, 0) is 26.2 Å². The van der Waals surface area contributed by atoms with E-state index >= 15 is 0 Å². The lowest BCUT2D eigenvalue weighted by molar-refractivity contribution is -0.110. The molecule has 1 N–H and O–H groups in total. The molecule has 3 unspecified atom stereocenters. The number of hydrogen-bond acceptors (Lipinski definition) is 3. The third kappa shape index (κ3) is 2.76. The van der Waals surface area contributed by atoms with E-state index in [0.717, 1.165) is 26.1 Å². The molecule has 2 rings (SSSR count). The molecular weight excluding hydrogens is 202 g/mol. The third-order valence-electron chi connectivity index (χ3n) is 4.15. The Balaban J connectivity index is 1.97. The van der Waals surface area contributed by atoms with Crippen LogP contribution in [-0.4, -0.2) is 47.4 Å². The van der Waals surface area contributed by atoms with E-state index in [-0.39, 0.29) is 0 Å². The van der Waals surface area contributed by atoms with Crippen LogP contribution in [-0.2, 0) is 4.74 Å². The van der Waals surface area contributed by atoms with E-state index < -0.39 is 5.60 Å². The summed E-state index contributed by atoms with van der Waals surface area (Å²) in [4.78, 5) is 2.46. The van der Waals surface area contributed by atoms with Gasteiger partial charge in [-0.25, -0.2) is 0 Å². The minimum Gasteiger partial charge on any atom is -0.389 e. The fourth-order valence-electron chi connectivity index (χ4n) is 2.92. The van der Waals surface area contributed by atoms with Crippen molar-refractivity contribution in [1.29, 1.82) is 0 Å². The van der Waals surface area contributed by atoms with Crippen molar-refractivity contribution in [1.82, 2.24) is 4.90 Å². The summed E-state index contributed by atoms with van der Waals surface area (Å²) in [6, 6.07) is 0.556. The summed E-state index contributed by atoms with van der Waals surface area (Å²) in [7, 11) is 0. The first-order valence-electron chi connectivity index (χ1n) is 6.70. The Bertz CT molecular complexity index is 228. The monoisotopic (exact) mass is 227 g/mol. The molecule has 0 radical (unpaired) electrons. The molecule has 3 heteroatoms. The lowest BCUT2D eigenvalue weighted by Crippen LogP contribution is -2.56. The summed E-state index contributed by atoms with van der Waals surface area (Å²) in [5, 5.41) is 10.2. The van der Waals surface area contributed by atoms with Crippen molar-refractivity contribution in [2.45, 2.75) is 63.7 Å². The Labute approximate surface area is 98.8 Å². The van der Waals surface area contributed by atoms with Crippen molar-refractivity contribution < 1.29 is 9.84 Å². The molecule has 1 aliphatic carbocycles. The predicted octanol–water partition coefficient (Wildman–Crippen LogP) is 1.79. The van der Waals surface area contributed by atoms with Gasteiger partial charge in [-0.2, -0.15) is 0 Å². The van der Waals surface area contributed by atoms with E-state index in [4.69, 9.17) is 4.74 Å². The van der Waals surface area contributed by atoms with Gasteiger partial charge in [0.2, 0.25) is 0 Å². The third-order valence-corrected chi connectivity index (χ3v) is 4.15. The smallest absolute Gasteiger partial charge is 0.0743 e. The zero-order valence-corrected chi connectivity index (χ0v) is 10.6. The van der Waals surface area contributed by atoms with Crippen LogP contribution in [0, 0.1) is 0 Å². The number of ether oxygens (including phenoxy) is 1. The molecule has 16 heavy (non-hydrogen) atoms.